The van der Waals surface area contributed by atoms with Crippen molar-refractivity contribution in [2.75, 3.05) is 27.3 Å². The van der Waals surface area contributed by atoms with Gasteiger partial charge < -0.3 is 4.74 Å². The van der Waals surface area contributed by atoms with Crippen molar-refractivity contribution in [1.82, 2.24) is 15.1 Å². The minimum absolute atomic E-state index is 0.674. The molecule has 0 spiro atoms. The van der Waals surface area contributed by atoms with Crippen molar-refractivity contribution in [3.63, 3.8) is 0 Å². The van der Waals surface area contributed by atoms with Crippen molar-refractivity contribution in [3.05, 3.63) is 84.6 Å². The monoisotopic (exact) mass is 325 g/mol. The lowest BCUT2D eigenvalue weighted by atomic mass is 10.2. The molecule has 0 aliphatic heterocycles. The molecule has 0 unspecified atom stereocenters. The van der Waals surface area contributed by atoms with Crippen LogP contribution < -0.4 is 0 Å². The molecule has 0 aliphatic rings. The summed E-state index contributed by atoms with van der Waals surface area (Å²) < 4.78 is 5.28. The highest BCUT2D eigenvalue weighted by molar-refractivity contribution is 5.15. The minimum atomic E-state index is 0.674. The Morgan fingerprint density at radius 3 is 1.96 bits per heavy atom. The molecular weight excluding hydrogens is 298 g/mol. The molecule has 2 aromatic rings. The first kappa shape index (κ1) is 18.2. The molecule has 0 saturated heterocycles. The Bertz CT molecular complexity index is 588. The first-order valence-corrected chi connectivity index (χ1v) is 8.19. The summed E-state index contributed by atoms with van der Waals surface area (Å²) in [5.74, 6) is 0. The number of hydrogen-bond acceptors (Lipinski definition) is 4. The molecule has 24 heavy (non-hydrogen) atoms. The number of benzene rings is 2. The number of hydrogen-bond donors (Lipinski definition) is 0. The topological polar surface area (TPSA) is 19.0 Å². The maximum atomic E-state index is 5.28. The molecule has 0 aromatic heterocycles. The third-order valence-electron chi connectivity index (χ3n) is 3.94. The average molecular weight is 325 g/mol. The second-order valence-electron chi connectivity index (χ2n) is 5.62. The second kappa shape index (κ2) is 9.88. The van der Waals surface area contributed by atoms with Crippen LogP contribution in [-0.2, 0) is 17.8 Å². The third kappa shape index (κ3) is 5.49. The SMILES string of the molecule is C=CN(Cc1ccccc1)N(C)N(CCOC)Cc1ccccc1. The molecule has 0 N–H and O–H groups in total. The molecule has 0 aliphatic carbocycles. The molecule has 0 bridgehead atoms. The fourth-order valence-corrected chi connectivity index (χ4v) is 2.53. The first-order chi connectivity index (χ1) is 11.7. The minimum Gasteiger partial charge on any atom is -0.383 e. The summed E-state index contributed by atoms with van der Waals surface area (Å²) in [4.78, 5) is 0. The number of rotatable bonds is 10. The Labute approximate surface area is 145 Å². The van der Waals surface area contributed by atoms with Gasteiger partial charge in [-0.05, 0) is 11.1 Å². The third-order valence-corrected chi connectivity index (χ3v) is 3.94. The molecule has 2 rings (SSSR count). The smallest absolute Gasteiger partial charge is 0.0604 e. The Morgan fingerprint density at radius 1 is 0.917 bits per heavy atom. The second-order valence-corrected chi connectivity index (χ2v) is 5.62. The normalized spacial score (nSPS) is 11.0. The molecule has 0 amide bonds. The standard InChI is InChI=1S/C20H27N3O/c1-4-22(17-19-11-7-5-8-12-19)21(2)23(15-16-24-3)18-20-13-9-6-10-14-20/h4-14H,1,15-18H2,2-3H3. The van der Waals surface area contributed by atoms with Gasteiger partial charge in [-0.2, -0.15) is 5.12 Å². The van der Waals surface area contributed by atoms with E-state index in [-0.39, 0.29) is 0 Å². The van der Waals surface area contributed by atoms with E-state index in [1.54, 1.807) is 7.11 Å². The Kier molecular flexibility index (Phi) is 7.49. The van der Waals surface area contributed by atoms with Crippen molar-refractivity contribution in [3.8, 4) is 0 Å². The molecule has 2 aromatic carbocycles. The molecule has 0 fully saturated rings. The predicted octanol–water partition coefficient (Wildman–Crippen LogP) is 3.54. The summed E-state index contributed by atoms with van der Waals surface area (Å²) in [6.07, 6.45) is 1.86. The Hall–Kier alpha value is -2.14. The lowest BCUT2D eigenvalue weighted by molar-refractivity contribution is -0.156. The molecule has 4 heteroatoms. The van der Waals surface area contributed by atoms with E-state index in [1.165, 1.54) is 11.1 Å². The van der Waals surface area contributed by atoms with Gasteiger partial charge in [-0.3, -0.25) is 5.01 Å². The number of hydrazine groups is 2. The lowest BCUT2D eigenvalue weighted by Crippen LogP contribution is -2.49. The highest BCUT2D eigenvalue weighted by Gasteiger charge is 2.16. The summed E-state index contributed by atoms with van der Waals surface area (Å²) in [5.41, 5.74) is 2.51. The van der Waals surface area contributed by atoms with E-state index in [9.17, 15) is 0 Å². The molecule has 128 valence electrons. The van der Waals surface area contributed by atoms with E-state index in [1.807, 2.05) is 18.3 Å². The fraction of sp³-hybridized carbons (Fsp3) is 0.300. The summed E-state index contributed by atoms with van der Waals surface area (Å²) in [5, 5.41) is 6.48. The van der Waals surface area contributed by atoms with E-state index in [0.29, 0.717) is 6.61 Å². The van der Waals surface area contributed by atoms with Crippen LogP contribution in [0.2, 0.25) is 0 Å². The maximum Gasteiger partial charge on any atom is 0.0604 e. The average Bonchev–Trinajstić information content (AvgIpc) is 2.64. The van der Waals surface area contributed by atoms with Crippen molar-refractivity contribution in [1.29, 1.82) is 0 Å². The van der Waals surface area contributed by atoms with Crippen LogP contribution in [0.1, 0.15) is 11.1 Å². The van der Waals surface area contributed by atoms with Gasteiger partial charge in [0, 0.05) is 33.4 Å². The number of nitrogens with zero attached hydrogens (tertiary/aromatic N) is 3. The quantitative estimate of drug-likeness (QED) is 0.622. The zero-order valence-electron chi connectivity index (χ0n) is 14.6. The van der Waals surface area contributed by atoms with Gasteiger partial charge in [0.25, 0.3) is 0 Å². The van der Waals surface area contributed by atoms with Crippen molar-refractivity contribution < 1.29 is 4.74 Å². The number of methoxy groups -OCH3 is 1. The molecule has 0 atom stereocenters. The van der Waals surface area contributed by atoms with E-state index < -0.39 is 0 Å². The van der Waals surface area contributed by atoms with Crippen LogP contribution in [0.25, 0.3) is 0 Å². The molecule has 4 nitrogen and oxygen atoms in total. The van der Waals surface area contributed by atoms with E-state index in [0.717, 1.165) is 19.6 Å². The van der Waals surface area contributed by atoms with Gasteiger partial charge in [-0.1, -0.05) is 67.2 Å². The first-order valence-electron chi connectivity index (χ1n) is 8.19. The predicted molar refractivity (Wildman–Crippen MR) is 98.7 cm³/mol. The molecule has 0 saturated carbocycles. The van der Waals surface area contributed by atoms with Crippen molar-refractivity contribution in [2.45, 2.75) is 13.1 Å². The van der Waals surface area contributed by atoms with Crippen LogP contribution in [0, 0.1) is 0 Å². The van der Waals surface area contributed by atoms with Gasteiger partial charge in [-0.25, -0.2) is 5.01 Å². The van der Waals surface area contributed by atoms with Crippen molar-refractivity contribution in [2.24, 2.45) is 0 Å². The summed E-state index contributed by atoms with van der Waals surface area (Å²) >= 11 is 0. The zero-order chi connectivity index (χ0) is 17.2. The van der Waals surface area contributed by atoms with Gasteiger partial charge in [-0.15, -0.1) is 0 Å². The van der Waals surface area contributed by atoms with Gasteiger partial charge in [0.15, 0.2) is 0 Å². The molecular formula is C20H27N3O. The lowest BCUT2D eigenvalue weighted by Gasteiger charge is -2.39. The Morgan fingerprint density at radius 2 is 1.46 bits per heavy atom. The van der Waals surface area contributed by atoms with Crippen LogP contribution in [0.5, 0.6) is 0 Å². The largest absolute Gasteiger partial charge is 0.383 e. The van der Waals surface area contributed by atoms with Gasteiger partial charge in [0.1, 0.15) is 0 Å². The van der Waals surface area contributed by atoms with Gasteiger partial charge in [0.05, 0.1) is 13.2 Å². The summed E-state index contributed by atoms with van der Waals surface area (Å²) in [6.45, 7) is 7.05. The molecule has 0 heterocycles. The van der Waals surface area contributed by atoms with Crippen LogP contribution in [0.15, 0.2) is 73.4 Å². The maximum absolute atomic E-state index is 5.28. The Balaban J connectivity index is 2.08. The summed E-state index contributed by atoms with van der Waals surface area (Å²) in [7, 11) is 3.79. The fourth-order valence-electron chi connectivity index (χ4n) is 2.53. The molecule has 0 radical (unpaired) electrons. The van der Waals surface area contributed by atoms with E-state index in [4.69, 9.17) is 4.74 Å². The van der Waals surface area contributed by atoms with Crippen molar-refractivity contribution >= 4 is 0 Å². The van der Waals surface area contributed by atoms with Gasteiger partial charge in [0.2, 0.25) is 0 Å². The summed E-state index contributed by atoms with van der Waals surface area (Å²) in [6, 6.07) is 20.9. The van der Waals surface area contributed by atoms with Crippen LogP contribution in [0.3, 0.4) is 0 Å². The highest BCUT2D eigenvalue weighted by Crippen LogP contribution is 2.12. The van der Waals surface area contributed by atoms with Gasteiger partial charge >= 0.3 is 0 Å². The van der Waals surface area contributed by atoms with Crippen LogP contribution in [0.4, 0.5) is 0 Å². The number of ether oxygens (including phenoxy) is 1. The van der Waals surface area contributed by atoms with Crippen LogP contribution in [-0.4, -0.2) is 42.4 Å². The van der Waals surface area contributed by atoms with E-state index in [2.05, 4.69) is 77.3 Å². The zero-order valence-corrected chi connectivity index (χ0v) is 14.6. The van der Waals surface area contributed by atoms with Crippen LogP contribution >= 0.6 is 0 Å². The highest BCUT2D eigenvalue weighted by atomic mass is 16.5. The van der Waals surface area contributed by atoms with E-state index >= 15 is 0 Å².